The Morgan fingerprint density at radius 2 is 2.10 bits per heavy atom. The first-order valence-electron chi connectivity index (χ1n) is 6.75. The predicted octanol–water partition coefficient (Wildman–Crippen LogP) is 2.54. The van der Waals surface area contributed by atoms with E-state index in [4.69, 9.17) is 15.2 Å². The highest BCUT2D eigenvalue weighted by atomic mass is 79.9. The van der Waals surface area contributed by atoms with Gasteiger partial charge in [-0.1, -0.05) is 18.2 Å². The fourth-order valence-electron chi connectivity index (χ4n) is 2.30. The lowest BCUT2D eigenvalue weighted by molar-refractivity contribution is 0.182. The minimum Gasteiger partial charge on any atom is -0.496 e. The van der Waals surface area contributed by atoms with Gasteiger partial charge in [0.2, 0.25) is 0 Å². The number of hydrogen-bond acceptors (Lipinski definition) is 4. The molecule has 0 aliphatic heterocycles. The van der Waals surface area contributed by atoms with Crippen molar-refractivity contribution < 1.29 is 9.47 Å². The van der Waals surface area contributed by atoms with Crippen molar-refractivity contribution in [1.29, 1.82) is 0 Å². The fourth-order valence-corrected chi connectivity index (χ4v) is 2.89. The van der Waals surface area contributed by atoms with Gasteiger partial charge in [-0.3, -0.25) is 4.68 Å². The number of aromatic nitrogens is 2. The number of halogens is 1. The Morgan fingerprint density at radius 1 is 1.33 bits per heavy atom. The van der Waals surface area contributed by atoms with E-state index in [9.17, 15) is 0 Å². The number of ether oxygens (including phenoxy) is 2. The van der Waals surface area contributed by atoms with Crippen molar-refractivity contribution in [2.75, 3.05) is 20.8 Å². The molecule has 0 amide bonds. The molecule has 0 fully saturated rings. The molecule has 0 saturated carbocycles. The molecule has 6 heteroatoms. The van der Waals surface area contributed by atoms with Crippen LogP contribution in [0.1, 0.15) is 17.3 Å². The highest BCUT2D eigenvalue weighted by Gasteiger charge is 2.18. The summed E-state index contributed by atoms with van der Waals surface area (Å²) in [5, 5.41) is 4.34. The molecule has 0 spiro atoms. The summed E-state index contributed by atoms with van der Waals surface area (Å²) in [6, 6.07) is 7.74. The fraction of sp³-hybridized carbons (Fsp3) is 0.400. The summed E-state index contributed by atoms with van der Waals surface area (Å²) < 4.78 is 13.3. The molecule has 1 aromatic heterocycles. The minimum absolute atomic E-state index is 0.171. The zero-order valence-corrected chi connectivity index (χ0v) is 13.8. The van der Waals surface area contributed by atoms with Crippen LogP contribution in [0.5, 0.6) is 5.75 Å². The zero-order valence-electron chi connectivity index (χ0n) is 12.3. The van der Waals surface area contributed by atoms with E-state index in [2.05, 4.69) is 21.0 Å². The molecule has 1 aromatic carbocycles. The van der Waals surface area contributed by atoms with Gasteiger partial charge in [0.15, 0.2) is 0 Å². The number of methoxy groups -OCH3 is 2. The number of nitrogens with zero attached hydrogens (tertiary/aromatic N) is 2. The topological polar surface area (TPSA) is 62.3 Å². The van der Waals surface area contributed by atoms with Crippen LogP contribution in [0.2, 0.25) is 0 Å². The van der Waals surface area contributed by atoms with Crippen LogP contribution < -0.4 is 10.5 Å². The first-order valence-corrected chi connectivity index (χ1v) is 7.54. The van der Waals surface area contributed by atoms with Crippen molar-refractivity contribution in [3.63, 3.8) is 0 Å². The monoisotopic (exact) mass is 353 g/mol. The van der Waals surface area contributed by atoms with Gasteiger partial charge in [0.1, 0.15) is 5.75 Å². The van der Waals surface area contributed by atoms with E-state index in [1.165, 1.54) is 0 Å². The summed E-state index contributed by atoms with van der Waals surface area (Å²) in [4.78, 5) is 0. The first-order chi connectivity index (χ1) is 10.2. The second-order valence-corrected chi connectivity index (χ2v) is 5.57. The Labute approximate surface area is 133 Å². The summed E-state index contributed by atoms with van der Waals surface area (Å²) >= 11 is 3.52. The van der Waals surface area contributed by atoms with Gasteiger partial charge >= 0.3 is 0 Å². The van der Waals surface area contributed by atoms with Gasteiger partial charge in [-0.15, -0.1) is 0 Å². The van der Waals surface area contributed by atoms with Crippen molar-refractivity contribution in [3.8, 4) is 5.75 Å². The normalized spacial score (nSPS) is 12.4. The molecule has 0 aliphatic carbocycles. The lowest BCUT2D eigenvalue weighted by Crippen LogP contribution is -2.20. The van der Waals surface area contributed by atoms with Gasteiger partial charge in [-0.25, -0.2) is 0 Å². The third-order valence-electron chi connectivity index (χ3n) is 3.32. The van der Waals surface area contributed by atoms with Crippen molar-refractivity contribution in [2.45, 2.75) is 19.0 Å². The van der Waals surface area contributed by atoms with Crippen LogP contribution in [0.15, 0.2) is 34.9 Å². The smallest absolute Gasteiger partial charge is 0.122 e. The third kappa shape index (κ3) is 3.84. The molecule has 2 aromatic rings. The molecule has 0 bridgehead atoms. The van der Waals surface area contributed by atoms with Crippen LogP contribution in [-0.2, 0) is 17.7 Å². The van der Waals surface area contributed by atoms with E-state index < -0.39 is 0 Å². The first kappa shape index (κ1) is 16.0. The predicted molar refractivity (Wildman–Crippen MR) is 85.4 cm³/mol. The molecular weight excluding hydrogens is 334 g/mol. The van der Waals surface area contributed by atoms with Crippen LogP contribution in [0.4, 0.5) is 0 Å². The summed E-state index contributed by atoms with van der Waals surface area (Å²) in [6.45, 7) is 1.28. The van der Waals surface area contributed by atoms with Crippen LogP contribution in [-0.4, -0.2) is 30.6 Å². The molecule has 0 radical (unpaired) electrons. The van der Waals surface area contributed by atoms with Gasteiger partial charge in [0.25, 0.3) is 0 Å². The van der Waals surface area contributed by atoms with Crippen LogP contribution >= 0.6 is 15.9 Å². The van der Waals surface area contributed by atoms with Gasteiger partial charge in [0, 0.05) is 7.11 Å². The van der Waals surface area contributed by atoms with E-state index in [1.54, 1.807) is 20.4 Å². The van der Waals surface area contributed by atoms with Gasteiger partial charge in [0.05, 0.1) is 42.7 Å². The number of benzene rings is 1. The highest BCUT2D eigenvalue weighted by Crippen LogP contribution is 2.27. The van der Waals surface area contributed by atoms with E-state index in [1.807, 2.05) is 28.9 Å². The Morgan fingerprint density at radius 3 is 2.81 bits per heavy atom. The van der Waals surface area contributed by atoms with Crippen LogP contribution in [0.25, 0.3) is 0 Å². The molecule has 0 aliphatic rings. The standard InChI is InChI=1S/C15H20BrN3O2/c1-20-8-7-19-15(12(16)10-18-19)13(17)9-11-5-3-4-6-14(11)21-2/h3-6,10,13H,7-9,17H2,1-2H3. The maximum Gasteiger partial charge on any atom is 0.122 e. The number of nitrogens with two attached hydrogens (primary N) is 1. The second kappa shape index (κ2) is 7.59. The average molecular weight is 354 g/mol. The number of para-hydroxylation sites is 1. The molecular formula is C15H20BrN3O2. The Hall–Kier alpha value is -1.37. The van der Waals surface area contributed by atoms with Crippen molar-refractivity contribution >= 4 is 15.9 Å². The second-order valence-electron chi connectivity index (χ2n) is 4.72. The molecule has 1 atom stereocenters. The average Bonchev–Trinajstić information content (AvgIpc) is 2.86. The largest absolute Gasteiger partial charge is 0.496 e. The van der Waals surface area contributed by atoms with Gasteiger partial charge in [-0.2, -0.15) is 5.10 Å². The van der Waals surface area contributed by atoms with Crippen molar-refractivity contribution in [1.82, 2.24) is 9.78 Å². The van der Waals surface area contributed by atoms with Crippen molar-refractivity contribution in [2.24, 2.45) is 5.73 Å². The molecule has 1 unspecified atom stereocenters. The maximum atomic E-state index is 6.38. The molecule has 2 N–H and O–H groups in total. The lowest BCUT2D eigenvalue weighted by Gasteiger charge is -2.16. The third-order valence-corrected chi connectivity index (χ3v) is 3.94. The molecule has 2 rings (SSSR count). The van der Waals surface area contributed by atoms with E-state index in [-0.39, 0.29) is 6.04 Å². The Balaban J connectivity index is 2.20. The van der Waals surface area contributed by atoms with E-state index in [0.29, 0.717) is 19.6 Å². The molecule has 114 valence electrons. The van der Waals surface area contributed by atoms with E-state index in [0.717, 1.165) is 21.5 Å². The SMILES string of the molecule is COCCn1ncc(Br)c1C(N)Cc1ccccc1OC. The Bertz CT molecular complexity index is 586. The molecule has 5 nitrogen and oxygen atoms in total. The van der Waals surface area contributed by atoms with Gasteiger partial charge in [-0.05, 0) is 34.0 Å². The van der Waals surface area contributed by atoms with Crippen molar-refractivity contribution in [3.05, 3.63) is 46.2 Å². The highest BCUT2D eigenvalue weighted by molar-refractivity contribution is 9.10. The maximum absolute atomic E-state index is 6.38. The molecule has 1 heterocycles. The summed E-state index contributed by atoms with van der Waals surface area (Å²) in [5.41, 5.74) is 8.43. The van der Waals surface area contributed by atoms with Gasteiger partial charge < -0.3 is 15.2 Å². The summed E-state index contributed by atoms with van der Waals surface area (Å²) in [5.74, 6) is 0.854. The van der Waals surface area contributed by atoms with E-state index >= 15 is 0 Å². The summed E-state index contributed by atoms with van der Waals surface area (Å²) in [6.07, 6.45) is 2.45. The minimum atomic E-state index is -0.171. The quantitative estimate of drug-likeness (QED) is 0.830. The zero-order chi connectivity index (χ0) is 15.2. The summed E-state index contributed by atoms with van der Waals surface area (Å²) in [7, 11) is 3.34. The number of rotatable bonds is 7. The molecule has 21 heavy (non-hydrogen) atoms. The lowest BCUT2D eigenvalue weighted by atomic mass is 10.0. The number of hydrogen-bond donors (Lipinski definition) is 1. The van der Waals surface area contributed by atoms with Crippen LogP contribution in [0, 0.1) is 0 Å². The van der Waals surface area contributed by atoms with Crippen LogP contribution in [0.3, 0.4) is 0 Å². The Kier molecular flexibility index (Phi) is 5.78. The molecule has 0 saturated heterocycles.